The van der Waals surface area contributed by atoms with Gasteiger partial charge in [-0.15, -0.1) is 0 Å². The molecule has 0 aliphatic heterocycles. The van der Waals surface area contributed by atoms with Gasteiger partial charge in [0.15, 0.2) is 6.10 Å². The molecule has 6 nitrogen and oxygen atoms in total. The molecule has 73 heavy (non-hydrogen) atoms. The van der Waals surface area contributed by atoms with Gasteiger partial charge in [-0.1, -0.05) is 272 Å². The fourth-order valence-electron chi connectivity index (χ4n) is 8.49. The summed E-state index contributed by atoms with van der Waals surface area (Å²) in [5.74, 6) is -0.960. The molecule has 0 aromatic carbocycles. The minimum Gasteiger partial charge on any atom is -0.462 e. The van der Waals surface area contributed by atoms with Crippen molar-refractivity contribution in [3.63, 3.8) is 0 Å². The number of unbranched alkanes of at least 4 members (excludes halogenated alkanes) is 28. The summed E-state index contributed by atoms with van der Waals surface area (Å²) in [6.45, 7) is 6.43. The fraction of sp³-hybridized carbons (Fsp3) is 0.716. The number of hydrogen-bond donors (Lipinski definition) is 0. The normalized spacial score (nSPS) is 12.8. The molecule has 0 spiro atoms. The van der Waals surface area contributed by atoms with Gasteiger partial charge in [-0.2, -0.15) is 0 Å². The second kappa shape index (κ2) is 60.9. The van der Waals surface area contributed by atoms with Crippen LogP contribution in [0, 0.1) is 0 Å². The summed E-state index contributed by atoms with van der Waals surface area (Å²) in [6, 6.07) is 0. The van der Waals surface area contributed by atoms with Crippen LogP contribution in [-0.2, 0) is 28.6 Å². The number of carbonyl (C=O) groups is 3. The van der Waals surface area contributed by atoms with Crippen LogP contribution in [0.5, 0.6) is 0 Å². The largest absolute Gasteiger partial charge is 0.462 e. The van der Waals surface area contributed by atoms with Crippen LogP contribution >= 0.6 is 0 Å². The van der Waals surface area contributed by atoms with E-state index in [0.717, 1.165) is 89.9 Å². The van der Waals surface area contributed by atoms with E-state index in [1.165, 1.54) is 154 Å². The number of hydrogen-bond acceptors (Lipinski definition) is 6. The van der Waals surface area contributed by atoms with Crippen molar-refractivity contribution in [3.05, 3.63) is 97.2 Å². The zero-order valence-corrected chi connectivity index (χ0v) is 47.9. The molecule has 0 amide bonds. The number of carbonyl (C=O) groups excluding carboxylic acids is 3. The first kappa shape index (κ1) is 69.3. The van der Waals surface area contributed by atoms with Crippen molar-refractivity contribution in [1.29, 1.82) is 0 Å². The van der Waals surface area contributed by atoms with Crippen LogP contribution in [0.3, 0.4) is 0 Å². The van der Waals surface area contributed by atoms with Crippen molar-refractivity contribution in [3.8, 4) is 0 Å². The minimum absolute atomic E-state index is 0.0983. The maximum Gasteiger partial charge on any atom is 0.306 e. The van der Waals surface area contributed by atoms with Gasteiger partial charge in [0.25, 0.3) is 0 Å². The highest BCUT2D eigenvalue weighted by Gasteiger charge is 2.19. The molecule has 0 heterocycles. The van der Waals surface area contributed by atoms with E-state index >= 15 is 0 Å². The van der Waals surface area contributed by atoms with Crippen LogP contribution in [0.15, 0.2) is 97.2 Å². The lowest BCUT2D eigenvalue weighted by Gasteiger charge is -2.18. The van der Waals surface area contributed by atoms with Gasteiger partial charge in [-0.25, -0.2) is 0 Å². The lowest BCUT2D eigenvalue weighted by Crippen LogP contribution is -2.30. The predicted octanol–water partition coefficient (Wildman–Crippen LogP) is 20.9. The van der Waals surface area contributed by atoms with Crippen molar-refractivity contribution in [2.75, 3.05) is 13.2 Å². The van der Waals surface area contributed by atoms with Gasteiger partial charge in [0.1, 0.15) is 13.2 Å². The lowest BCUT2D eigenvalue weighted by molar-refractivity contribution is -0.167. The first-order valence-corrected chi connectivity index (χ1v) is 30.7. The molecule has 0 aliphatic rings. The number of esters is 3. The Labute approximate surface area is 451 Å². The van der Waals surface area contributed by atoms with E-state index in [0.29, 0.717) is 19.3 Å². The van der Waals surface area contributed by atoms with E-state index < -0.39 is 6.10 Å². The number of rotatable bonds is 55. The minimum atomic E-state index is -0.804. The summed E-state index contributed by atoms with van der Waals surface area (Å²) >= 11 is 0. The molecule has 6 heteroatoms. The number of ether oxygens (including phenoxy) is 3. The summed E-state index contributed by atoms with van der Waals surface area (Å²) < 4.78 is 16.7. The van der Waals surface area contributed by atoms with Crippen molar-refractivity contribution < 1.29 is 28.6 Å². The lowest BCUT2D eigenvalue weighted by atomic mass is 10.0. The van der Waals surface area contributed by atoms with Crippen LogP contribution in [0.25, 0.3) is 0 Å². The van der Waals surface area contributed by atoms with Crippen LogP contribution in [0.1, 0.15) is 290 Å². The first-order chi connectivity index (χ1) is 36.0. The Morgan fingerprint density at radius 3 is 0.877 bits per heavy atom. The highest BCUT2D eigenvalue weighted by molar-refractivity contribution is 5.71. The number of allylic oxidation sites excluding steroid dienone is 16. The van der Waals surface area contributed by atoms with Gasteiger partial charge >= 0.3 is 17.9 Å². The summed E-state index contributed by atoms with van der Waals surface area (Å²) in [5, 5.41) is 0. The summed E-state index contributed by atoms with van der Waals surface area (Å²) in [6.07, 6.45) is 81.7. The molecule has 0 N–H and O–H groups in total. The molecular formula is C67H114O6. The molecule has 0 aromatic heterocycles. The quantitative estimate of drug-likeness (QED) is 0.0261. The van der Waals surface area contributed by atoms with Crippen LogP contribution in [0.2, 0.25) is 0 Å². The Morgan fingerprint density at radius 1 is 0.288 bits per heavy atom. The van der Waals surface area contributed by atoms with E-state index in [1.54, 1.807) is 0 Å². The monoisotopic (exact) mass is 1010 g/mol. The zero-order chi connectivity index (χ0) is 52.9. The van der Waals surface area contributed by atoms with E-state index in [9.17, 15) is 14.4 Å². The third kappa shape index (κ3) is 59.1. The van der Waals surface area contributed by atoms with E-state index in [2.05, 4.69) is 118 Å². The Balaban J connectivity index is 4.12. The van der Waals surface area contributed by atoms with Gasteiger partial charge < -0.3 is 14.2 Å². The smallest absolute Gasteiger partial charge is 0.306 e. The third-order valence-electron chi connectivity index (χ3n) is 13.1. The average molecular weight is 1020 g/mol. The molecule has 0 aromatic rings. The van der Waals surface area contributed by atoms with Crippen LogP contribution in [0.4, 0.5) is 0 Å². The van der Waals surface area contributed by atoms with Crippen LogP contribution < -0.4 is 0 Å². The summed E-state index contributed by atoms with van der Waals surface area (Å²) in [7, 11) is 0. The topological polar surface area (TPSA) is 78.9 Å². The van der Waals surface area contributed by atoms with Crippen LogP contribution in [-0.4, -0.2) is 37.2 Å². The molecule has 418 valence electrons. The maximum absolute atomic E-state index is 12.8. The molecular weight excluding hydrogens is 901 g/mol. The zero-order valence-electron chi connectivity index (χ0n) is 47.9. The second-order valence-corrected chi connectivity index (χ2v) is 20.2. The molecule has 0 rings (SSSR count). The van der Waals surface area contributed by atoms with Crippen molar-refractivity contribution in [1.82, 2.24) is 0 Å². The summed E-state index contributed by atoms with van der Waals surface area (Å²) in [4.78, 5) is 37.9. The van der Waals surface area contributed by atoms with E-state index in [4.69, 9.17) is 14.2 Å². The van der Waals surface area contributed by atoms with Gasteiger partial charge in [0.05, 0.1) is 0 Å². The predicted molar refractivity (Wildman–Crippen MR) is 316 cm³/mol. The Bertz CT molecular complexity index is 1440. The maximum atomic E-state index is 12.8. The van der Waals surface area contributed by atoms with Gasteiger partial charge in [-0.05, 0) is 96.3 Å². The SMILES string of the molecule is CC/C=C\C/C=C\C/C=C\C/C=C\C/C=C\CCCC(=O)OC(COC(=O)CCCCCCCCC)COC(=O)CCCCCCCCCCCCCCCCCC/C=C\C/C=C\C/C=C\CCCCCCC. The standard InChI is InChI=1S/C67H114O6/c1-4-7-10-13-16-18-20-22-24-26-27-28-29-30-31-32-33-34-35-36-37-38-39-41-42-44-46-48-51-54-57-60-66(69)72-63-64(62-71-65(68)59-56-53-50-15-12-9-6-3)73-67(70)61-58-55-52-49-47-45-43-40-25-23-21-19-17-14-11-8-5-2/h8,11,17,19-20,22-23,25-27,29-30,43,45,49,52,64H,4-7,9-10,12-16,18,21,24,28,31-42,44,46-48,50-51,53-63H2,1-3H3/b11-8-,19-17-,22-20-,25-23-,27-26-,30-29-,45-43-,52-49-. The average Bonchev–Trinajstić information content (AvgIpc) is 3.39. The van der Waals surface area contributed by atoms with E-state index in [-0.39, 0.29) is 37.5 Å². The Morgan fingerprint density at radius 2 is 0.548 bits per heavy atom. The van der Waals surface area contributed by atoms with Gasteiger partial charge in [-0.3, -0.25) is 14.4 Å². The summed E-state index contributed by atoms with van der Waals surface area (Å²) in [5.41, 5.74) is 0. The highest BCUT2D eigenvalue weighted by Crippen LogP contribution is 2.16. The molecule has 0 saturated carbocycles. The Kier molecular flexibility index (Phi) is 57.8. The fourth-order valence-corrected chi connectivity index (χ4v) is 8.49. The van der Waals surface area contributed by atoms with Crippen molar-refractivity contribution in [2.45, 2.75) is 297 Å². The molecule has 0 radical (unpaired) electrons. The Hall–Kier alpha value is -3.67. The molecule has 0 bridgehead atoms. The molecule has 0 saturated heterocycles. The van der Waals surface area contributed by atoms with Gasteiger partial charge in [0, 0.05) is 19.3 Å². The third-order valence-corrected chi connectivity index (χ3v) is 13.1. The molecule has 1 atom stereocenters. The first-order valence-electron chi connectivity index (χ1n) is 30.7. The molecule has 0 aliphatic carbocycles. The van der Waals surface area contributed by atoms with E-state index in [1.807, 2.05) is 0 Å². The molecule has 1 unspecified atom stereocenters. The van der Waals surface area contributed by atoms with Gasteiger partial charge in [0.2, 0.25) is 0 Å². The highest BCUT2D eigenvalue weighted by atomic mass is 16.6. The second-order valence-electron chi connectivity index (χ2n) is 20.2. The molecule has 0 fully saturated rings. The van der Waals surface area contributed by atoms with Crippen molar-refractivity contribution >= 4 is 17.9 Å². The van der Waals surface area contributed by atoms with Crippen molar-refractivity contribution in [2.24, 2.45) is 0 Å².